The van der Waals surface area contributed by atoms with Gasteiger partial charge in [0.25, 0.3) is 0 Å². The molecule has 8 heteroatoms. The Morgan fingerprint density at radius 3 is 2.71 bits per heavy atom. The van der Waals surface area contributed by atoms with Gasteiger partial charge in [-0.05, 0) is 24.3 Å². The number of hydrogen-bond acceptors (Lipinski definition) is 7. The molecule has 0 aliphatic carbocycles. The Hall–Kier alpha value is -2.03. The lowest BCUT2D eigenvalue weighted by molar-refractivity contribution is 0.0382. The van der Waals surface area contributed by atoms with Crippen LogP contribution >= 0.6 is 11.3 Å². The number of methoxy groups -OCH3 is 1. The Morgan fingerprint density at radius 1 is 1.17 bits per heavy atom. The van der Waals surface area contributed by atoms with Gasteiger partial charge in [-0.15, -0.1) is 10.2 Å². The van der Waals surface area contributed by atoms with Crippen molar-refractivity contribution in [2.75, 3.05) is 40.0 Å². The van der Waals surface area contributed by atoms with Crippen molar-refractivity contribution < 1.29 is 9.47 Å². The molecule has 4 rings (SSSR count). The number of aromatic nitrogens is 4. The van der Waals surface area contributed by atoms with E-state index in [4.69, 9.17) is 9.47 Å². The van der Waals surface area contributed by atoms with Crippen molar-refractivity contribution in [1.29, 1.82) is 0 Å². The lowest BCUT2D eigenvalue weighted by Crippen LogP contribution is -2.37. The largest absolute Gasteiger partial charge is 0.497 e. The summed E-state index contributed by atoms with van der Waals surface area (Å²) in [5.41, 5.74) is 1.06. The van der Waals surface area contributed by atoms with Gasteiger partial charge in [0.2, 0.25) is 4.96 Å². The lowest BCUT2D eigenvalue weighted by Gasteiger charge is -2.25. The van der Waals surface area contributed by atoms with Crippen molar-refractivity contribution >= 4 is 16.3 Å². The number of ether oxygens (including phenoxy) is 2. The fraction of sp³-hybridized carbons (Fsp3) is 0.438. The van der Waals surface area contributed by atoms with Gasteiger partial charge in [-0.2, -0.15) is 9.61 Å². The van der Waals surface area contributed by atoms with Gasteiger partial charge in [-0.1, -0.05) is 11.3 Å². The molecule has 1 aliphatic rings. The zero-order valence-electron chi connectivity index (χ0n) is 13.5. The van der Waals surface area contributed by atoms with Gasteiger partial charge in [0, 0.05) is 31.6 Å². The number of nitrogens with zero attached hydrogens (tertiary/aromatic N) is 5. The summed E-state index contributed by atoms with van der Waals surface area (Å²) >= 11 is 1.55. The minimum atomic E-state index is 0.813. The van der Waals surface area contributed by atoms with Gasteiger partial charge in [0.15, 0.2) is 5.82 Å². The van der Waals surface area contributed by atoms with E-state index in [1.165, 1.54) is 0 Å². The molecule has 3 heterocycles. The summed E-state index contributed by atoms with van der Waals surface area (Å²) < 4.78 is 12.4. The van der Waals surface area contributed by atoms with E-state index < -0.39 is 0 Å². The molecule has 0 bridgehead atoms. The van der Waals surface area contributed by atoms with Crippen LogP contribution in [-0.4, -0.2) is 64.7 Å². The molecule has 0 radical (unpaired) electrons. The van der Waals surface area contributed by atoms with Crippen LogP contribution in [0.15, 0.2) is 24.3 Å². The predicted octanol–water partition coefficient (Wildman–Crippen LogP) is 1.74. The second-order valence-corrected chi connectivity index (χ2v) is 6.61. The number of morpholine rings is 1. The molecule has 0 N–H and O–H groups in total. The smallest absolute Gasteiger partial charge is 0.234 e. The third kappa shape index (κ3) is 3.12. The van der Waals surface area contributed by atoms with Crippen molar-refractivity contribution in [3.63, 3.8) is 0 Å². The van der Waals surface area contributed by atoms with Crippen LogP contribution in [0, 0.1) is 0 Å². The molecule has 0 saturated carbocycles. The Labute approximate surface area is 143 Å². The highest BCUT2D eigenvalue weighted by Crippen LogP contribution is 2.27. The fourth-order valence-corrected chi connectivity index (χ4v) is 3.61. The molecule has 7 nitrogen and oxygen atoms in total. The molecule has 3 aromatic rings. The zero-order valence-corrected chi connectivity index (χ0v) is 14.3. The maximum absolute atomic E-state index is 5.38. The molecule has 1 aromatic carbocycles. The van der Waals surface area contributed by atoms with Crippen LogP contribution in [0.3, 0.4) is 0 Å². The van der Waals surface area contributed by atoms with Gasteiger partial charge in [-0.3, -0.25) is 4.90 Å². The van der Waals surface area contributed by atoms with E-state index in [1.807, 2.05) is 28.8 Å². The molecule has 0 amide bonds. The molecular weight excluding hydrogens is 326 g/mol. The third-order valence-electron chi connectivity index (χ3n) is 4.15. The highest BCUT2D eigenvalue weighted by molar-refractivity contribution is 7.19. The molecule has 2 aromatic heterocycles. The van der Waals surface area contributed by atoms with Crippen molar-refractivity contribution in [3.05, 3.63) is 30.1 Å². The van der Waals surface area contributed by atoms with E-state index in [0.29, 0.717) is 0 Å². The van der Waals surface area contributed by atoms with E-state index in [-0.39, 0.29) is 0 Å². The summed E-state index contributed by atoms with van der Waals surface area (Å²) in [6.45, 7) is 4.55. The molecule has 1 aliphatic heterocycles. The quantitative estimate of drug-likeness (QED) is 0.702. The molecule has 0 spiro atoms. The fourth-order valence-electron chi connectivity index (χ4n) is 2.75. The minimum Gasteiger partial charge on any atom is -0.497 e. The normalized spacial score (nSPS) is 15.9. The minimum absolute atomic E-state index is 0.813. The van der Waals surface area contributed by atoms with Crippen LogP contribution in [0.2, 0.25) is 0 Å². The Morgan fingerprint density at radius 2 is 1.96 bits per heavy atom. The van der Waals surface area contributed by atoms with Gasteiger partial charge in [0.05, 0.1) is 20.3 Å². The lowest BCUT2D eigenvalue weighted by atomic mass is 10.2. The van der Waals surface area contributed by atoms with E-state index in [2.05, 4.69) is 20.2 Å². The Bertz CT molecular complexity index is 808. The summed E-state index contributed by atoms with van der Waals surface area (Å²) in [5, 5.41) is 14.2. The monoisotopic (exact) mass is 345 g/mol. The van der Waals surface area contributed by atoms with Crippen LogP contribution < -0.4 is 4.74 Å². The highest BCUT2D eigenvalue weighted by atomic mass is 32.1. The molecule has 126 valence electrons. The molecule has 0 unspecified atom stereocenters. The number of fused-ring (bicyclic) bond motifs is 1. The Balaban J connectivity index is 1.51. The van der Waals surface area contributed by atoms with Crippen molar-refractivity contribution in [2.45, 2.75) is 6.42 Å². The van der Waals surface area contributed by atoms with Crippen molar-refractivity contribution in [2.24, 2.45) is 0 Å². The predicted molar refractivity (Wildman–Crippen MR) is 91.6 cm³/mol. The first-order valence-electron chi connectivity index (χ1n) is 7.99. The first kappa shape index (κ1) is 15.5. The van der Waals surface area contributed by atoms with Gasteiger partial charge in [-0.25, -0.2) is 0 Å². The summed E-state index contributed by atoms with van der Waals surface area (Å²) in [4.78, 5) is 3.22. The average molecular weight is 345 g/mol. The maximum atomic E-state index is 5.38. The number of hydrogen-bond donors (Lipinski definition) is 0. The summed E-state index contributed by atoms with van der Waals surface area (Å²) in [6.07, 6.45) is 0.840. The van der Waals surface area contributed by atoms with E-state index >= 15 is 0 Å². The highest BCUT2D eigenvalue weighted by Gasteiger charge is 2.15. The average Bonchev–Trinajstić information content (AvgIpc) is 3.22. The maximum Gasteiger partial charge on any atom is 0.234 e. The molecule has 1 fully saturated rings. The Kier molecular flexibility index (Phi) is 4.42. The van der Waals surface area contributed by atoms with Gasteiger partial charge in [0.1, 0.15) is 10.8 Å². The van der Waals surface area contributed by atoms with Crippen molar-refractivity contribution in [1.82, 2.24) is 24.7 Å². The van der Waals surface area contributed by atoms with Crippen LogP contribution in [0.4, 0.5) is 0 Å². The second-order valence-electron chi connectivity index (χ2n) is 5.65. The second kappa shape index (κ2) is 6.84. The van der Waals surface area contributed by atoms with E-state index in [1.54, 1.807) is 18.4 Å². The van der Waals surface area contributed by atoms with Crippen molar-refractivity contribution in [3.8, 4) is 16.3 Å². The van der Waals surface area contributed by atoms with Gasteiger partial charge >= 0.3 is 0 Å². The topological polar surface area (TPSA) is 64.8 Å². The standard InChI is InChI=1S/C16H19N5O2S/c1-22-13-4-2-12(3-5-13)15-19-21-14(17-18-16(21)24-15)6-7-20-8-10-23-11-9-20/h2-5H,6-11H2,1H3. The first-order valence-corrected chi connectivity index (χ1v) is 8.81. The van der Waals surface area contributed by atoms with Crippen LogP contribution in [0.25, 0.3) is 15.5 Å². The third-order valence-corrected chi connectivity index (χ3v) is 5.10. The van der Waals surface area contributed by atoms with E-state index in [9.17, 15) is 0 Å². The summed E-state index contributed by atoms with van der Waals surface area (Å²) in [5.74, 6) is 1.75. The molecule has 24 heavy (non-hydrogen) atoms. The SMILES string of the molecule is COc1ccc(-c2nn3c(CCN4CCOCC4)nnc3s2)cc1. The van der Waals surface area contributed by atoms with E-state index in [0.717, 1.165) is 66.4 Å². The first-order chi connectivity index (χ1) is 11.8. The summed E-state index contributed by atoms with van der Waals surface area (Å²) in [7, 11) is 1.67. The summed E-state index contributed by atoms with van der Waals surface area (Å²) in [6, 6.07) is 7.91. The van der Waals surface area contributed by atoms with Gasteiger partial charge < -0.3 is 9.47 Å². The molecule has 0 atom stereocenters. The van der Waals surface area contributed by atoms with Crippen LogP contribution in [0.1, 0.15) is 5.82 Å². The number of rotatable bonds is 5. The zero-order chi connectivity index (χ0) is 16.4. The number of benzene rings is 1. The van der Waals surface area contributed by atoms with Crippen LogP contribution in [0.5, 0.6) is 5.75 Å². The molecule has 1 saturated heterocycles. The van der Waals surface area contributed by atoms with Crippen LogP contribution in [-0.2, 0) is 11.2 Å². The molecular formula is C16H19N5O2S.